The van der Waals surface area contributed by atoms with Crippen LogP contribution in [-0.4, -0.2) is 35.7 Å². The third-order valence-corrected chi connectivity index (χ3v) is 3.53. The summed E-state index contributed by atoms with van der Waals surface area (Å²) in [6.07, 6.45) is 4.02. The minimum atomic E-state index is -0.140. The quantitative estimate of drug-likeness (QED) is 0.764. The van der Waals surface area contributed by atoms with Crippen molar-refractivity contribution in [2.75, 3.05) is 5.32 Å². The molecule has 3 rings (SSSR count). The molecule has 3 heterocycles. The topological polar surface area (TPSA) is 98.0 Å². The number of hydrogen-bond acceptors (Lipinski definition) is 7. The van der Waals surface area contributed by atoms with E-state index in [1.807, 2.05) is 6.92 Å². The maximum absolute atomic E-state index is 11.8. The van der Waals surface area contributed by atoms with Crippen molar-refractivity contribution in [1.29, 1.82) is 0 Å². The molecule has 20 heavy (non-hydrogen) atoms. The summed E-state index contributed by atoms with van der Waals surface area (Å²) in [5.74, 6) is 0.912. The highest BCUT2D eigenvalue weighted by molar-refractivity contribution is 7.16. The van der Waals surface area contributed by atoms with Gasteiger partial charge in [0.1, 0.15) is 5.01 Å². The van der Waals surface area contributed by atoms with Gasteiger partial charge in [-0.25, -0.2) is 9.97 Å². The van der Waals surface area contributed by atoms with E-state index >= 15 is 0 Å². The van der Waals surface area contributed by atoms with Gasteiger partial charge in [-0.05, 0) is 13.0 Å². The molecule has 1 N–H and O–H groups in total. The van der Waals surface area contributed by atoms with Crippen LogP contribution in [0.15, 0.2) is 18.5 Å². The van der Waals surface area contributed by atoms with Crippen molar-refractivity contribution < 1.29 is 4.79 Å². The van der Waals surface area contributed by atoms with Crippen molar-refractivity contribution in [2.45, 2.75) is 19.8 Å². The standard InChI is InChI=1S/C11H11N7OS/c1-7-15-16-11-18(7)17-9(20-11)4-3-8(19)14-10-12-5-2-6-13-10/h2,5-6H,3-4H2,1H3,(H,12,13,14,19). The summed E-state index contributed by atoms with van der Waals surface area (Å²) < 4.78 is 1.68. The summed E-state index contributed by atoms with van der Waals surface area (Å²) in [6, 6.07) is 1.69. The molecule has 9 heteroatoms. The van der Waals surface area contributed by atoms with E-state index in [0.717, 1.165) is 15.8 Å². The fourth-order valence-electron chi connectivity index (χ4n) is 1.63. The van der Waals surface area contributed by atoms with Gasteiger partial charge in [0.25, 0.3) is 0 Å². The molecule has 8 nitrogen and oxygen atoms in total. The van der Waals surface area contributed by atoms with Gasteiger partial charge in [-0.1, -0.05) is 11.3 Å². The van der Waals surface area contributed by atoms with Crippen molar-refractivity contribution in [1.82, 2.24) is 29.8 Å². The highest BCUT2D eigenvalue weighted by atomic mass is 32.1. The van der Waals surface area contributed by atoms with Gasteiger partial charge in [0.2, 0.25) is 16.8 Å². The molecule has 0 fully saturated rings. The molecule has 102 valence electrons. The van der Waals surface area contributed by atoms with Crippen LogP contribution in [-0.2, 0) is 11.2 Å². The van der Waals surface area contributed by atoms with Gasteiger partial charge in [-0.2, -0.15) is 9.61 Å². The van der Waals surface area contributed by atoms with Crippen molar-refractivity contribution in [3.8, 4) is 0 Å². The zero-order valence-electron chi connectivity index (χ0n) is 10.6. The van der Waals surface area contributed by atoms with Crippen LogP contribution in [0.4, 0.5) is 5.95 Å². The van der Waals surface area contributed by atoms with Gasteiger partial charge in [-0.15, -0.1) is 10.2 Å². The molecule has 1 amide bonds. The van der Waals surface area contributed by atoms with Crippen LogP contribution in [0.3, 0.4) is 0 Å². The molecule has 3 aromatic rings. The SMILES string of the molecule is Cc1nnc2sc(CCC(=O)Nc3ncccn3)nn12. The van der Waals surface area contributed by atoms with Gasteiger partial charge >= 0.3 is 0 Å². The maximum Gasteiger partial charge on any atom is 0.234 e. The number of fused-ring (bicyclic) bond motifs is 1. The van der Waals surface area contributed by atoms with Crippen molar-refractivity contribution in [3.05, 3.63) is 29.3 Å². The first-order valence-corrected chi connectivity index (χ1v) is 6.78. The molecular weight excluding hydrogens is 278 g/mol. The predicted octanol–water partition coefficient (Wildman–Crippen LogP) is 0.856. The maximum atomic E-state index is 11.8. The van der Waals surface area contributed by atoms with E-state index in [-0.39, 0.29) is 5.91 Å². The van der Waals surface area contributed by atoms with Crippen LogP contribution >= 0.6 is 11.3 Å². The summed E-state index contributed by atoms with van der Waals surface area (Å²) >= 11 is 1.43. The number of aryl methyl sites for hydroxylation is 2. The lowest BCUT2D eigenvalue weighted by Gasteiger charge is -2.01. The van der Waals surface area contributed by atoms with Gasteiger partial charge in [0.05, 0.1) is 0 Å². The largest absolute Gasteiger partial charge is 0.295 e. The van der Waals surface area contributed by atoms with E-state index in [0.29, 0.717) is 18.8 Å². The Morgan fingerprint density at radius 3 is 2.90 bits per heavy atom. The number of nitrogens with one attached hydrogen (secondary N) is 1. The third-order valence-electron chi connectivity index (χ3n) is 2.57. The van der Waals surface area contributed by atoms with E-state index in [1.54, 1.807) is 23.0 Å². The normalized spacial score (nSPS) is 10.8. The number of nitrogens with zero attached hydrogens (tertiary/aromatic N) is 6. The van der Waals surface area contributed by atoms with Crippen LogP contribution < -0.4 is 5.32 Å². The molecule has 0 aliphatic carbocycles. The number of amides is 1. The van der Waals surface area contributed by atoms with Crippen LogP contribution in [0.5, 0.6) is 0 Å². The van der Waals surface area contributed by atoms with Crippen LogP contribution in [0.1, 0.15) is 17.3 Å². The van der Waals surface area contributed by atoms with Crippen LogP contribution in [0.25, 0.3) is 4.96 Å². The lowest BCUT2D eigenvalue weighted by molar-refractivity contribution is -0.116. The molecule has 0 aromatic carbocycles. The number of carbonyl (C=O) groups is 1. The van der Waals surface area contributed by atoms with Gasteiger partial charge in [0.15, 0.2) is 5.82 Å². The van der Waals surface area contributed by atoms with Gasteiger partial charge < -0.3 is 0 Å². The molecule has 0 spiro atoms. The minimum Gasteiger partial charge on any atom is -0.295 e. The Kier molecular flexibility index (Phi) is 3.33. The van der Waals surface area contributed by atoms with Crippen LogP contribution in [0.2, 0.25) is 0 Å². The Morgan fingerprint density at radius 1 is 1.35 bits per heavy atom. The molecule has 0 saturated carbocycles. The van der Waals surface area contributed by atoms with E-state index in [9.17, 15) is 4.79 Å². The average molecular weight is 289 g/mol. The number of aromatic nitrogens is 6. The van der Waals surface area contributed by atoms with Crippen molar-refractivity contribution in [2.24, 2.45) is 0 Å². The first-order valence-electron chi connectivity index (χ1n) is 5.97. The highest BCUT2D eigenvalue weighted by Crippen LogP contribution is 2.15. The van der Waals surface area contributed by atoms with Crippen LogP contribution in [0, 0.1) is 6.92 Å². The second-order valence-electron chi connectivity index (χ2n) is 4.06. The molecule has 0 aliphatic rings. The number of rotatable bonds is 4. The summed E-state index contributed by atoms with van der Waals surface area (Å²) in [4.78, 5) is 20.4. The highest BCUT2D eigenvalue weighted by Gasteiger charge is 2.11. The monoisotopic (exact) mass is 289 g/mol. The minimum absolute atomic E-state index is 0.140. The second-order valence-corrected chi connectivity index (χ2v) is 5.10. The Labute approximate surface area is 117 Å². The van der Waals surface area contributed by atoms with Crippen molar-refractivity contribution in [3.63, 3.8) is 0 Å². The predicted molar refractivity (Wildman–Crippen MR) is 72.4 cm³/mol. The average Bonchev–Trinajstić information content (AvgIpc) is 3.00. The summed E-state index contributed by atoms with van der Waals surface area (Å²) in [6.45, 7) is 1.84. The number of anilines is 1. The number of carbonyl (C=O) groups excluding carboxylic acids is 1. The van der Waals surface area contributed by atoms with Gasteiger partial charge in [0, 0.05) is 25.2 Å². The lowest BCUT2D eigenvalue weighted by atomic mass is 10.3. The fourth-order valence-corrected chi connectivity index (χ4v) is 2.51. The molecule has 3 aromatic heterocycles. The molecule has 0 saturated heterocycles. The molecule has 0 bridgehead atoms. The Bertz CT molecular complexity index is 736. The third kappa shape index (κ3) is 2.62. The molecule has 0 atom stereocenters. The molecule has 0 aliphatic heterocycles. The van der Waals surface area contributed by atoms with E-state index in [1.165, 1.54) is 11.3 Å². The lowest BCUT2D eigenvalue weighted by Crippen LogP contribution is -2.14. The summed E-state index contributed by atoms with van der Waals surface area (Å²) in [5, 5.41) is 15.7. The van der Waals surface area contributed by atoms with Gasteiger partial charge in [-0.3, -0.25) is 10.1 Å². The zero-order chi connectivity index (χ0) is 13.9. The van der Waals surface area contributed by atoms with E-state index in [4.69, 9.17) is 0 Å². The Balaban J connectivity index is 1.60. The molecule has 0 radical (unpaired) electrons. The summed E-state index contributed by atoms with van der Waals surface area (Å²) in [5.41, 5.74) is 0. The van der Waals surface area contributed by atoms with E-state index < -0.39 is 0 Å². The zero-order valence-corrected chi connectivity index (χ0v) is 11.5. The second kappa shape index (κ2) is 5.29. The summed E-state index contributed by atoms with van der Waals surface area (Å²) in [7, 11) is 0. The first-order chi connectivity index (χ1) is 9.72. The first kappa shape index (κ1) is 12.6. The molecular formula is C11H11N7OS. The Morgan fingerprint density at radius 2 is 2.15 bits per heavy atom. The fraction of sp³-hybridized carbons (Fsp3) is 0.273. The van der Waals surface area contributed by atoms with E-state index in [2.05, 4.69) is 30.6 Å². The Hall–Kier alpha value is -2.42. The van der Waals surface area contributed by atoms with Crippen molar-refractivity contribution >= 4 is 28.2 Å². The number of hydrogen-bond donors (Lipinski definition) is 1. The smallest absolute Gasteiger partial charge is 0.234 e. The molecule has 0 unspecified atom stereocenters.